The molecule has 5 heteroatoms. The van der Waals surface area contributed by atoms with Crippen molar-refractivity contribution >= 4 is 15.9 Å². The van der Waals surface area contributed by atoms with E-state index in [0.29, 0.717) is 0 Å². The summed E-state index contributed by atoms with van der Waals surface area (Å²) in [6.07, 6.45) is 4.99. The number of nitrogens with one attached hydrogen (secondary N) is 1. The van der Waals surface area contributed by atoms with Gasteiger partial charge < -0.3 is 10.4 Å². The Hall–Kier alpha value is -0.390. The Labute approximate surface area is 117 Å². The number of halogens is 1. The summed E-state index contributed by atoms with van der Waals surface area (Å²) in [4.78, 5) is 0. The van der Waals surface area contributed by atoms with Crippen LogP contribution in [0.4, 0.5) is 0 Å². The zero-order chi connectivity index (χ0) is 13.2. The number of hydrogen-bond acceptors (Lipinski definition) is 3. The molecule has 0 amide bonds. The fourth-order valence-electron chi connectivity index (χ4n) is 2.77. The monoisotopic (exact) mass is 315 g/mol. The number of aryl methyl sites for hydroxylation is 1. The second kappa shape index (κ2) is 5.72. The second-order valence-corrected chi connectivity index (χ2v) is 6.11. The third-order valence-corrected chi connectivity index (χ3v) is 4.38. The number of rotatable bonds is 4. The zero-order valence-electron chi connectivity index (χ0n) is 11.1. The molecule has 1 aliphatic heterocycles. The van der Waals surface area contributed by atoms with E-state index in [4.69, 9.17) is 0 Å². The van der Waals surface area contributed by atoms with Crippen molar-refractivity contribution in [3.63, 3.8) is 0 Å². The van der Waals surface area contributed by atoms with Crippen LogP contribution in [-0.4, -0.2) is 28.0 Å². The molecular formula is C13H22BrN3O. The van der Waals surface area contributed by atoms with Crippen LogP contribution in [-0.2, 0) is 12.1 Å². The largest absolute Gasteiger partial charge is 0.383 e. The number of nitrogens with zero attached hydrogens (tertiary/aromatic N) is 2. The van der Waals surface area contributed by atoms with Crippen molar-refractivity contribution in [1.29, 1.82) is 0 Å². The van der Waals surface area contributed by atoms with E-state index in [9.17, 15) is 5.11 Å². The summed E-state index contributed by atoms with van der Waals surface area (Å²) in [6, 6.07) is 0. The predicted octanol–water partition coefficient (Wildman–Crippen LogP) is 2.26. The van der Waals surface area contributed by atoms with Crippen molar-refractivity contribution in [3.8, 4) is 0 Å². The first-order chi connectivity index (χ1) is 8.57. The van der Waals surface area contributed by atoms with Crippen LogP contribution in [0.5, 0.6) is 0 Å². The van der Waals surface area contributed by atoms with Crippen LogP contribution in [0.25, 0.3) is 0 Å². The Bertz CT molecular complexity index is 397. The van der Waals surface area contributed by atoms with Crippen molar-refractivity contribution < 1.29 is 5.11 Å². The van der Waals surface area contributed by atoms with Crippen LogP contribution in [0.3, 0.4) is 0 Å². The van der Waals surface area contributed by atoms with Crippen LogP contribution >= 0.6 is 15.9 Å². The minimum Gasteiger partial charge on any atom is -0.383 e. The van der Waals surface area contributed by atoms with Gasteiger partial charge in [0.05, 0.1) is 16.4 Å². The van der Waals surface area contributed by atoms with E-state index in [0.717, 1.165) is 49.1 Å². The van der Waals surface area contributed by atoms with Gasteiger partial charge in [0.1, 0.15) is 5.60 Å². The maximum atomic E-state index is 11.0. The molecule has 1 saturated heterocycles. The van der Waals surface area contributed by atoms with Crippen LogP contribution in [0.1, 0.15) is 38.8 Å². The highest BCUT2D eigenvalue weighted by Crippen LogP contribution is 2.37. The highest BCUT2D eigenvalue weighted by molar-refractivity contribution is 9.10. The van der Waals surface area contributed by atoms with Gasteiger partial charge in [-0.05, 0) is 48.7 Å². The number of piperidine rings is 1. The molecule has 2 unspecified atom stereocenters. The molecule has 2 rings (SSSR count). The summed E-state index contributed by atoms with van der Waals surface area (Å²) in [5.74, 6) is 0.245. The van der Waals surface area contributed by atoms with Gasteiger partial charge in [-0.15, -0.1) is 0 Å². The summed E-state index contributed by atoms with van der Waals surface area (Å²) >= 11 is 3.53. The summed E-state index contributed by atoms with van der Waals surface area (Å²) in [7, 11) is 0. The summed E-state index contributed by atoms with van der Waals surface area (Å²) < 4.78 is 2.84. The minimum absolute atomic E-state index is 0.245. The summed E-state index contributed by atoms with van der Waals surface area (Å²) in [5.41, 5.74) is 0.0795. The van der Waals surface area contributed by atoms with Gasteiger partial charge in [0.15, 0.2) is 0 Å². The van der Waals surface area contributed by atoms with Gasteiger partial charge in [-0.25, -0.2) is 0 Å². The normalized spacial score (nSPS) is 23.9. The van der Waals surface area contributed by atoms with Crippen molar-refractivity contribution in [2.24, 2.45) is 5.92 Å². The van der Waals surface area contributed by atoms with Crippen LogP contribution < -0.4 is 5.32 Å². The van der Waals surface area contributed by atoms with Gasteiger partial charge in [-0.2, -0.15) is 5.10 Å². The molecule has 0 bridgehead atoms. The van der Waals surface area contributed by atoms with Gasteiger partial charge in [-0.3, -0.25) is 4.68 Å². The third kappa shape index (κ3) is 2.63. The molecule has 0 saturated carbocycles. The van der Waals surface area contributed by atoms with E-state index in [1.54, 1.807) is 6.20 Å². The lowest BCUT2D eigenvalue weighted by Crippen LogP contribution is -2.43. The predicted molar refractivity (Wildman–Crippen MR) is 75.4 cm³/mol. The minimum atomic E-state index is -0.835. The average molecular weight is 316 g/mol. The molecule has 2 N–H and O–H groups in total. The molecule has 1 fully saturated rings. The lowest BCUT2D eigenvalue weighted by atomic mass is 9.81. The summed E-state index contributed by atoms with van der Waals surface area (Å²) in [6.45, 7) is 6.81. The topological polar surface area (TPSA) is 50.1 Å². The maximum absolute atomic E-state index is 11.0. The molecule has 2 heterocycles. The van der Waals surface area contributed by atoms with Gasteiger partial charge in [0, 0.05) is 19.0 Å². The molecule has 1 aliphatic rings. The standard InChI is InChI=1S/C13H22BrN3O/c1-3-7-17-12(11(14)9-16-17)13(2,18)10-5-4-6-15-8-10/h9-10,15,18H,3-8H2,1-2H3. The Kier molecular flexibility index (Phi) is 4.45. The molecule has 0 radical (unpaired) electrons. The maximum Gasteiger partial charge on any atom is 0.109 e. The molecule has 4 nitrogen and oxygen atoms in total. The molecule has 0 aromatic carbocycles. The molecule has 0 aliphatic carbocycles. The number of hydrogen-bond donors (Lipinski definition) is 2. The SMILES string of the molecule is CCCn1ncc(Br)c1C(C)(O)C1CCCNC1. The van der Waals surface area contributed by atoms with Crippen LogP contribution in [0.15, 0.2) is 10.7 Å². The average Bonchev–Trinajstić information content (AvgIpc) is 2.73. The first-order valence-electron chi connectivity index (χ1n) is 6.72. The van der Waals surface area contributed by atoms with Crippen molar-refractivity contribution in [2.75, 3.05) is 13.1 Å². The molecule has 1 aromatic rings. The first kappa shape index (κ1) is 14.0. The van der Waals surface area contributed by atoms with Crippen LogP contribution in [0.2, 0.25) is 0 Å². The Morgan fingerprint density at radius 2 is 2.44 bits per heavy atom. The molecule has 0 spiro atoms. The zero-order valence-corrected chi connectivity index (χ0v) is 12.7. The molecule has 2 atom stereocenters. The third-order valence-electron chi connectivity index (χ3n) is 3.80. The van der Waals surface area contributed by atoms with E-state index >= 15 is 0 Å². The van der Waals surface area contributed by atoms with E-state index < -0.39 is 5.60 Å². The highest BCUT2D eigenvalue weighted by atomic mass is 79.9. The quantitative estimate of drug-likeness (QED) is 0.896. The van der Waals surface area contributed by atoms with Crippen molar-refractivity contribution in [1.82, 2.24) is 15.1 Å². The Morgan fingerprint density at radius 3 is 3.06 bits per heavy atom. The highest BCUT2D eigenvalue weighted by Gasteiger charge is 2.38. The lowest BCUT2D eigenvalue weighted by Gasteiger charge is -2.36. The van der Waals surface area contributed by atoms with E-state index in [-0.39, 0.29) is 5.92 Å². The fraction of sp³-hybridized carbons (Fsp3) is 0.769. The van der Waals surface area contributed by atoms with E-state index in [1.807, 2.05) is 11.6 Å². The number of aromatic nitrogens is 2. The fourth-order valence-corrected chi connectivity index (χ4v) is 3.47. The van der Waals surface area contributed by atoms with E-state index in [2.05, 4.69) is 33.3 Å². The van der Waals surface area contributed by atoms with Gasteiger partial charge in [0.2, 0.25) is 0 Å². The molecule has 1 aromatic heterocycles. The van der Waals surface area contributed by atoms with Crippen molar-refractivity contribution in [2.45, 2.75) is 45.3 Å². The first-order valence-corrected chi connectivity index (χ1v) is 7.51. The van der Waals surface area contributed by atoms with Crippen molar-refractivity contribution in [3.05, 3.63) is 16.4 Å². The molecule has 102 valence electrons. The Balaban J connectivity index is 2.29. The Morgan fingerprint density at radius 1 is 1.67 bits per heavy atom. The van der Waals surface area contributed by atoms with Gasteiger partial charge in [-0.1, -0.05) is 6.92 Å². The second-order valence-electron chi connectivity index (χ2n) is 5.26. The molecule has 18 heavy (non-hydrogen) atoms. The van der Waals surface area contributed by atoms with Gasteiger partial charge in [0.25, 0.3) is 0 Å². The number of aliphatic hydroxyl groups is 1. The summed E-state index contributed by atoms with van der Waals surface area (Å²) in [5, 5.41) is 18.7. The molecular weight excluding hydrogens is 294 g/mol. The lowest BCUT2D eigenvalue weighted by molar-refractivity contribution is -0.0239. The smallest absolute Gasteiger partial charge is 0.109 e. The van der Waals surface area contributed by atoms with Crippen LogP contribution in [0, 0.1) is 5.92 Å². The van der Waals surface area contributed by atoms with E-state index in [1.165, 1.54) is 0 Å². The van der Waals surface area contributed by atoms with Gasteiger partial charge >= 0.3 is 0 Å².